The molecule has 0 rings (SSSR count). The Bertz CT molecular complexity index is 580. The number of unbranched alkanes of at least 4 members (excludes halogenated alkanes) is 1. The molecule has 3 atom stereocenters. The zero-order chi connectivity index (χ0) is 21.9. The van der Waals surface area contributed by atoms with Crippen LogP contribution < -0.4 is 27.8 Å². The summed E-state index contributed by atoms with van der Waals surface area (Å²) in [5.41, 5.74) is 15.6. The van der Waals surface area contributed by atoms with Gasteiger partial charge in [0.05, 0.1) is 6.42 Å². The van der Waals surface area contributed by atoms with Gasteiger partial charge in [0.2, 0.25) is 23.6 Å². The maximum Gasteiger partial charge on any atom is 0.320 e. The smallest absolute Gasteiger partial charge is 0.320 e. The van der Waals surface area contributed by atoms with Crippen LogP contribution in [0.25, 0.3) is 0 Å². The second kappa shape index (κ2) is 12.7. The van der Waals surface area contributed by atoms with Crippen molar-refractivity contribution in [1.29, 1.82) is 0 Å². The van der Waals surface area contributed by atoms with Crippen molar-refractivity contribution in [2.45, 2.75) is 70.5 Å². The Balaban J connectivity index is 4.72. The van der Waals surface area contributed by atoms with Crippen LogP contribution in [0.4, 0.5) is 0 Å². The van der Waals surface area contributed by atoms with E-state index in [-0.39, 0.29) is 18.8 Å². The Morgan fingerprint density at radius 1 is 0.964 bits per heavy atom. The van der Waals surface area contributed by atoms with Crippen molar-refractivity contribution >= 4 is 29.6 Å². The number of carboxylic acid groups (broad SMARTS) is 1. The number of amides is 4. The first-order valence-electron chi connectivity index (χ1n) is 9.09. The van der Waals surface area contributed by atoms with Gasteiger partial charge in [-0.1, -0.05) is 20.3 Å². The zero-order valence-corrected chi connectivity index (χ0v) is 16.3. The van der Waals surface area contributed by atoms with Crippen LogP contribution in [0.3, 0.4) is 0 Å². The lowest BCUT2D eigenvalue weighted by Gasteiger charge is -2.22. The lowest BCUT2D eigenvalue weighted by Crippen LogP contribution is -2.54. The van der Waals surface area contributed by atoms with Gasteiger partial charge in [0.1, 0.15) is 18.1 Å². The number of primary amides is 2. The van der Waals surface area contributed by atoms with Gasteiger partial charge in [-0.25, -0.2) is 0 Å². The standard InChI is InChI=1S/C17H31N5O6/c1-9(2)7-12(16(26)22-11(15(20)25)8-13(19)23)21-14(24)6-4-3-5-10(18)17(27)28/h9-12H,3-8,18H2,1-2H3,(H2,19,23)(H2,20,25)(H,21,24)(H,22,26)(H,27,28)/t10?,11-,12-/m0/s1. The van der Waals surface area contributed by atoms with E-state index in [1.165, 1.54) is 0 Å². The Hall–Kier alpha value is -2.69. The molecule has 11 heteroatoms. The van der Waals surface area contributed by atoms with Gasteiger partial charge in [-0.2, -0.15) is 0 Å². The number of hydrogen-bond acceptors (Lipinski definition) is 6. The molecule has 4 amide bonds. The highest BCUT2D eigenvalue weighted by Crippen LogP contribution is 2.08. The summed E-state index contributed by atoms with van der Waals surface area (Å²) in [4.78, 5) is 57.6. The molecule has 0 aliphatic carbocycles. The molecule has 11 nitrogen and oxygen atoms in total. The molecule has 9 N–H and O–H groups in total. The number of carboxylic acids is 1. The molecule has 0 fully saturated rings. The number of hydrogen-bond donors (Lipinski definition) is 6. The fourth-order valence-electron chi connectivity index (χ4n) is 2.44. The third-order valence-corrected chi connectivity index (χ3v) is 3.91. The van der Waals surface area contributed by atoms with E-state index >= 15 is 0 Å². The predicted molar refractivity (Wildman–Crippen MR) is 100 cm³/mol. The number of nitrogens with one attached hydrogen (secondary N) is 2. The van der Waals surface area contributed by atoms with Crippen molar-refractivity contribution in [2.24, 2.45) is 23.1 Å². The molecule has 0 saturated heterocycles. The van der Waals surface area contributed by atoms with Crippen molar-refractivity contribution in [1.82, 2.24) is 10.6 Å². The molecule has 0 aliphatic rings. The monoisotopic (exact) mass is 401 g/mol. The first-order chi connectivity index (χ1) is 12.9. The maximum atomic E-state index is 12.4. The minimum absolute atomic E-state index is 0.0628. The second-order valence-corrected chi connectivity index (χ2v) is 7.07. The van der Waals surface area contributed by atoms with Gasteiger partial charge in [0.15, 0.2) is 0 Å². The summed E-state index contributed by atoms with van der Waals surface area (Å²) < 4.78 is 0. The topological polar surface area (TPSA) is 208 Å². The summed E-state index contributed by atoms with van der Waals surface area (Å²) in [5, 5.41) is 13.6. The van der Waals surface area contributed by atoms with Crippen LogP contribution >= 0.6 is 0 Å². The maximum absolute atomic E-state index is 12.4. The Morgan fingerprint density at radius 2 is 1.57 bits per heavy atom. The highest BCUT2D eigenvalue weighted by Gasteiger charge is 2.27. The van der Waals surface area contributed by atoms with E-state index in [4.69, 9.17) is 22.3 Å². The molecule has 0 spiro atoms. The summed E-state index contributed by atoms with van der Waals surface area (Å²) in [6, 6.07) is -3.14. The van der Waals surface area contributed by atoms with Crippen LogP contribution in [0.2, 0.25) is 0 Å². The van der Waals surface area contributed by atoms with Crippen LogP contribution in [0.5, 0.6) is 0 Å². The SMILES string of the molecule is CC(C)C[C@H](NC(=O)CCCCC(N)C(=O)O)C(=O)N[C@@H](CC(N)=O)C(N)=O. The number of carbonyl (C=O) groups is 5. The molecule has 0 bridgehead atoms. The van der Waals surface area contributed by atoms with Gasteiger partial charge in [0, 0.05) is 6.42 Å². The molecule has 160 valence electrons. The number of aliphatic carboxylic acids is 1. The summed E-state index contributed by atoms with van der Waals surface area (Å²) in [7, 11) is 0. The van der Waals surface area contributed by atoms with Crippen LogP contribution in [0.15, 0.2) is 0 Å². The highest BCUT2D eigenvalue weighted by atomic mass is 16.4. The second-order valence-electron chi connectivity index (χ2n) is 7.07. The Labute approximate surface area is 163 Å². The van der Waals surface area contributed by atoms with Gasteiger partial charge in [-0.3, -0.25) is 24.0 Å². The van der Waals surface area contributed by atoms with Crippen LogP contribution in [-0.4, -0.2) is 52.8 Å². The van der Waals surface area contributed by atoms with Crippen molar-refractivity contribution in [2.75, 3.05) is 0 Å². The molecule has 1 unspecified atom stereocenters. The van der Waals surface area contributed by atoms with E-state index in [1.54, 1.807) is 0 Å². The van der Waals surface area contributed by atoms with E-state index in [9.17, 15) is 24.0 Å². The number of rotatable bonds is 14. The Morgan fingerprint density at radius 3 is 2.04 bits per heavy atom. The first kappa shape index (κ1) is 25.3. The molecule has 0 aromatic heterocycles. The molecule has 0 aromatic rings. The third kappa shape index (κ3) is 11.1. The molecule has 0 aliphatic heterocycles. The highest BCUT2D eigenvalue weighted by molar-refractivity contribution is 5.93. The van der Waals surface area contributed by atoms with Crippen LogP contribution in [0.1, 0.15) is 52.4 Å². The molecule has 0 aromatic carbocycles. The minimum Gasteiger partial charge on any atom is -0.480 e. The normalized spacial score (nSPS) is 14.0. The van der Waals surface area contributed by atoms with Crippen molar-refractivity contribution in [3.8, 4) is 0 Å². The van der Waals surface area contributed by atoms with Gasteiger partial charge in [-0.15, -0.1) is 0 Å². The Kier molecular flexibility index (Phi) is 11.4. The van der Waals surface area contributed by atoms with Crippen molar-refractivity contribution in [3.05, 3.63) is 0 Å². The summed E-state index contributed by atoms with van der Waals surface area (Å²) in [6.45, 7) is 3.71. The predicted octanol–water partition coefficient (Wildman–Crippen LogP) is -1.66. The van der Waals surface area contributed by atoms with Crippen LogP contribution in [-0.2, 0) is 24.0 Å². The molecular formula is C17H31N5O6. The fourth-order valence-corrected chi connectivity index (χ4v) is 2.44. The minimum atomic E-state index is -1.26. The lowest BCUT2D eigenvalue weighted by atomic mass is 10.0. The van der Waals surface area contributed by atoms with E-state index in [2.05, 4.69) is 10.6 Å². The molecule has 0 saturated carbocycles. The fraction of sp³-hybridized carbons (Fsp3) is 0.706. The van der Waals surface area contributed by atoms with Crippen molar-refractivity contribution in [3.63, 3.8) is 0 Å². The lowest BCUT2D eigenvalue weighted by molar-refractivity contribution is -0.138. The van der Waals surface area contributed by atoms with Gasteiger partial charge in [0.25, 0.3) is 0 Å². The largest absolute Gasteiger partial charge is 0.480 e. The molecule has 0 radical (unpaired) electrons. The quantitative estimate of drug-likeness (QED) is 0.186. The van der Waals surface area contributed by atoms with Gasteiger partial charge in [-0.05, 0) is 25.2 Å². The number of nitrogens with two attached hydrogens (primary N) is 3. The zero-order valence-electron chi connectivity index (χ0n) is 16.3. The summed E-state index contributed by atoms with van der Waals surface area (Å²) >= 11 is 0. The van der Waals surface area contributed by atoms with Gasteiger partial charge >= 0.3 is 5.97 Å². The van der Waals surface area contributed by atoms with E-state index in [0.29, 0.717) is 19.3 Å². The summed E-state index contributed by atoms with van der Waals surface area (Å²) in [5.74, 6) is -3.77. The third-order valence-electron chi connectivity index (χ3n) is 3.91. The van der Waals surface area contributed by atoms with E-state index in [1.807, 2.05) is 13.8 Å². The van der Waals surface area contributed by atoms with Gasteiger partial charge < -0.3 is 32.9 Å². The molecule has 0 heterocycles. The molecule has 28 heavy (non-hydrogen) atoms. The average Bonchev–Trinajstić information content (AvgIpc) is 2.56. The van der Waals surface area contributed by atoms with E-state index < -0.39 is 54.1 Å². The first-order valence-corrected chi connectivity index (χ1v) is 9.09. The summed E-state index contributed by atoms with van der Waals surface area (Å²) in [6.07, 6.45) is 1.07. The van der Waals surface area contributed by atoms with E-state index in [0.717, 1.165) is 0 Å². The average molecular weight is 401 g/mol. The molecular weight excluding hydrogens is 370 g/mol. The number of carbonyl (C=O) groups excluding carboxylic acids is 4. The van der Waals surface area contributed by atoms with Crippen molar-refractivity contribution < 1.29 is 29.1 Å². The van der Waals surface area contributed by atoms with Crippen LogP contribution in [0, 0.1) is 5.92 Å².